The highest BCUT2D eigenvalue weighted by atomic mass is 35.5. The van der Waals surface area contributed by atoms with Crippen LogP contribution in [0.4, 0.5) is 8.78 Å². The molecular weight excluding hydrogens is 316 g/mol. The van der Waals surface area contributed by atoms with E-state index in [0.29, 0.717) is 10.6 Å². The smallest absolute Gasteiger partial charge is 0.138 e. The topological polar surface area (TPSA) is 72.7 Å². The minimum atomic E-state index is -1.51. The molecule has 0 fully saturated rings. The first-order chi connectivity index (χ1) is 10.4. The number of halogens is 3. The van der Waals surface area contributed by atoms with Gasteiger partial charge in [0.25, 0.3) is 0 Å². The van der Waals surface area contributed by atoms with E-state index in [1.165, 1.54) is 6.08 Å². The zero-order valence-corrected chi connectivity index (χ0v) is 12.4. The maximum atomic E-state index is 14.1. The van der Waals surface area contributed by atoms with Gasteiger partial charge in [-0.15, -0.1) is 0 Å². The average molecular weight is 334 g/mol. The molecule has 4 N–H and O–H groups in total. The average Bonchev–Trinajstić information content (AvgIpc) is 2.52. The highest BCUT2D eigenvalue weighted by molar-refractivity contribution is 6.30. The maximum Gasteiger partial charge on any atom is 0.138 e. The second-order valence-electron chi connectivity index (χ2n) is 5.25. The third kappa shape index (κ3) is 3.83. The molecule has 1 aliphatic carbocycles. The quantitative estimate of drug-likeness (QED) is 0.613. The van der Waals surface area contributed by atoms with Crippen LogP contribution >= 0.6 is 11.6 Å². The number of hydrogen-bond donors (Lipinski definition) is 4. The van der Waals surface area contributed by atoms with Crippen LogP contribution < -0.4 is 5.32 Å². The standard InChI is InChI=1S/C15H18ClF2NO3/c16-10-3-1-8(2-4-10)11(18)7-19-12-5-9(6-17)13(20)15(22)14(12)21/h1-5,11-15,19-22H,6-7H2/t11-,12+,13-,14-,15-/m0/s1. The summed E-state index contributed by atoms with van der Waals surface area (Å²) in [6.07, 6.45) is -4.37. The molecule has 0 saturated heterocycles. The molecule has 0 unspecified atom stereocenters. The highest BCUT2D eigenvalue weighted by Gasteiger charge is 2.37. The molecule has 0 aliphatic heterocycles. The van der Waals surface area contributed by atoms with Crippen LogP contribution in [0.3, 0.4) is 0 Å². The van der Waals surface area contributed by atoms with Crippen molar-refractivity contribution in [2.24, 2.45) is 0 Å². The minimum Gasteiger partial charge on any atom is -0.388 e. The van der Waals surface area contributed by atoms with Crippen LogP contribution in [-0.2, 0) is 0 Å². The van der Waals surface area contributed by atoms with E-state index < -0.39 is 37.2 Å². The molecule has 2 rings (SSSR count). The van der Waals surface area contributed by atoms with Crippen molar-refractivity contribution in [3.8, 4) is 0 Å². The van der Waals surface area contributed by atoms with E-state index in [0.717, 1.165) is 0 Å². The van der Waals surface area contributed by atoms with E-state index in [-0.39, 0.29) is 12.1 Å². The van der Waals surface area contributed by atoms with Crippen LogP contribution in [0.25, 0.3) is 0 Å². The minimum absolute atomic E-state index is 0.0304. The van der Waals surface area contributed by atoms with Crippen molar-refractivity contribution in [2.45, 2.75) is 30.5 Å². The number of aliphatic hydroxyl groups is 3. The molecule has 0 saturated carbocycles. The van der Waals surface area contributed by atoms with Crippen LogP contribution in [0.2, 0.25) is 5.02 Å². The number of alkyl halides is 2. The predicted molar refractivity (Wildman–Crippen MR) is 79.2 cm³/mol. The largest absolute Gasteiger partial charge is 0.388 e. The third-order valence-corrected chi connectivity index (χ3v) is 3.99. The third-order valence-electron chi connectivity index (χ3n) is 3.73. The molecule has 0 radical (unpaired) electrons. The number of benzene rings is 1. The Balaban J connectivity index is 2.00. The summed E-state index contributed by atoms with van der Waals surface area (Å²) in [5.41, 5.74) is 0.384. The van der Waals surface area contributed by atoms with Gasteiger partial charge >= 0.3 is 0 Å². The molecule has 0 aromatic heterocycles. The zero-order chi connectivity index (χ0) is 16.3. The summed E-state index contributed by atoms with van der Waals surface area (Å²) >= 11 is 5.73. The molecule has 1 aliphatic rings. The molecule has 0 amide bonds. The van der Waals surface area contributed by atoms with Crippen molar-refractivity contribution >= 4 is 11.6 Å². The molecular formula is C15H18ClF2NO3. The van der Waals surface area contributed by atoms with Crippen LogP contribution in [-0.4, -0.2) is 52.9 Å². The van der Waals surface area contributed by atoms with Crippen LogP contribution in [0.15, 0.2) is 35.9 Å². The lowest BCUT2D eigenvalue weighted by Gasteiger charge is -2.34. The summed E-state index contributed by atoms with van der Waals surface area (Å²) in [4.78, 5) is 0. The van der Waals surface area contributed by atoms with Gasteiger partial charge < -0.3 is 20.6 Å². The lowest BCUT2D eigenvalue weighted by Crippen LogP contribution is -2.54. The van der Waals surface area contributed by atoms with Gasteiger partial charge in [-0.1, -0.05) is 29.8 Å². The number of aliphatic hydroxyl groups excluding tert-OH is 3. The first kappa shape index (κ1) is 17.3. The summed E-state index contributed by atoms with van der Waals surface area (Å²) in [6, 6.07) is 5.40. The summed E-state index contributed by atoms with van der Waals surface area (Å²) in [6.45, 7) is -1.08. The normalized spacial score (nSPS) is 30.0. The summed E-state index contributed by atoms with van der Waals surface area (Å²) in [5, 5.41) is 32.3. The summed E-state index contributed by atoms with van der Waals surface area (Å²) < 4.78 is 26.9. The van der Waals surface area contributed by atoms with Gasteiger partial charge in [0.1, 0.15) is 31.2 Å². The van der Waals surface area contributed by atoms with Crippen LogP contribution in [0.1, 0.15) is 11.7 Å². The van der Waals surface area contributed by atoms with Crippen molar-refractivity contribution in [1.82, 2.24) is 5.32 Å². The predicted octanol–water partition coefficient (Wildman–Crippen LogP) is 1.30. The SMILES string of the molecule is O[C@@H]1[C@@H](O)[C@@H](O)C(CF)=C[C@H]1NC[C@H](F)c1ccc(Cl)cc1. The van der Waals surface area contributed by atoms with Gasteiger partial charge in [0, 0.05) is 11.6 Å². The van der Waals surface area contributed by atoms with E-state index in [9.17, 15) is 24.1 Å². The van der Waals surface area contributed by atoms with E-state index in [2.05, 4.69) is 5.32 Å². The van der Waals surface area contributed by atoms with Gasteiger partial charge in [-0.25, -0.2) is 8.78 Å². The molecule has 122 valence electrons. The fourth-order valence-corrected chi connectivity index (χ4v) is 2.50. The zero-order valence-electron chi connectivity index (χ0n) is 11.7. The van der Waals surface area contributed by atoms with E-state index in [1.807, 2.05) is 0 Å². The molecule has 7 heteroatoms. The first-order valence-electron chi connectivity index (χ1n) is 6.87. The Morgan fingerprint density at radius 1 is 1.14 bits per heavy atom. The van der Waals surface area contributed by atoms with Crippen LogP contribution in [0, 0.1) is 0 Å². The molecule has 0 heterocycles. The van der Waals surface area contributed by atoms with Crippen molar-refractivity contribution in [2.75, 3.05) is 13.2 Å². The van der Waals surface area contributed by atoms with Crippen molar-refractivity contribution < 1.29 is 24.1 Å². The molecule has 1 aromatic carbocycles. The number of nitrogens with one attached hydrogen (secondary N) is 1. The molecule has 0 bridgehead atoms. The Hall–Kier alpha value is -1.05. The molecule has 22 heavy (non-hydrogen) atoms. The van der Waals surface area contributed by atoms with Crippen LogP contribution in [0.5, 0.6) is 0 Å². The Morgan fingerprint density at radius 2 is 1.77 bits per heavy atom. The summed E-state index contributed by atoms with van der Waals surface area (Å²) in [7, 11) is 0. The van der Waals surface area contributed by atoms with E-state index >= 15 is 0 Å². The Labute approximate surface area is 132 Å². The van der Waals surface area contributed by atoms with Crippen molar-refractivity contribution in [3.63, 3.8) is 0 Å². The van der Waals surface area contributed by atoms with Gasteiger partial charge in [0.2, 0.25) is 0 Å². The molecule has 4 nitrogen and oxygen atoms in total. The molecule has 1 aromatic rings. The van der Waals surface area contributed by atoms with Crippen molar-refractivity contribution in [1.29, 1.82) is 0 Å². The van der Waals surface area contributed by atoms with Gasteiger partial charge in [-0.3, -0.25) is 0 Å². The van der Waals surface area contributed by atoms with Gasteiger partial charge in [-0.2, -0.15) is 0 Å². The van der Waals surface area contributed by atoms with Gasteiger partial charge in [-0.05, 0) is 23.3 Å². The molecule has 5 atom stereocenters. The summed E-state index contributed by atoms with van der Waals surface area (Å²) in [5.74, 6) is 0. The highest BCUT2D eigenvalue weighted by Crippen LogP contribution is 2.23. The Bertz CT molecular complexity index is 526. The lowest BCUT2D eigenvalue weighted by atomic mass is 9.88. The Morgan fingerprint density at radius 3 is 2.36 bits per heavy atom. The fraction of sp³-hybridized carbons (Fsp3) is 0.467. The van der Waals surface area contributed by atoms with Gasteiger partial charge in [0.15, 0.2) is 0 Å². The number of hydrogen-bond acceptors (Lipinski definition) is 4. The Kier molecular flexibility index (Phi) is 5.88. The maximum absolute atomic E-state index is 14.1. The fourth-order valence-electron chi connectivity index (χ4n) is 2.38. The molecule has 0 spiro atoms. The van der Waals surface area contributed by atoms with Gasteiger partial charge in [0.05, 0.1) is 6.04 Å². The lowest BCUT2D eigenvalue weighted by molar-refractivity contribution is -0.0633. The number of rotatable bonds is 5. The first-order valence-corrected chi connectivity index (χ1v) is 7.25. The monoisotopic (exact) mass is 333 g/mol. The van der Waals surface area contributed by atoms with E-state index in [4.69, 9.17) is 11.6 Å². The van der Waals surface area contributed by atoms with Crippen molar-refractivity contribution in [3.05, 3.63) is 46.5 Å². The van der Waals surface area contributed by atoms with E-state index in [1.54, 1.807) is 24.3 Å². The second kappa shape index (κ2) is 7.48. The second-order valence-corrected chi connectivity index (χ2v) is 5.69.